The summed E-state index contributed by atoms with van der Waals surface area (Å²) in [5.74, 6) is 1.34. The van der Waals surface area contributed by atoms with E-state index in [9.17, 15) is 4.39 Å². The van der Waals surface area contributed by atoms with Crippen LogP contribution in [-0.4, -0.2) is 16.7 Å². The highest BCUT2D eigenvalue weighted by atomic mass is 32.1. The van der Waals surface area contributed by atoms with Crippen LogP contribution in [-0.2, 0) is 6.54 Å². The molecular weight excluding hydrogens is 251 g/mol. The van der Waals surface area contributed by atoms with Gasteiger partial charge in [-0.05, 0) is 30.5 Å². The smallest absolute Gasteiger partial charge is 0.178 e. The highest BCUT2D eigenvalue weighted by molar-refractivity contribution is 7.71. The Morgan fingerprint density at radius 2 is 2.28 bits per heavy atom. The maximum Gasteiger partial charge on any atom is 0.178 e. The number of nitrogens with zero attached hydrogens (tertiary/aromatic N) is 1. The lowest BCUT2D eigenvalue weighted by Crippen LogP contribution is -2.01. The number of nitrogens with one attached hydrogen (secondary N) is 1. The van der Waals surface area contributed by atoms with Gasteiger partial charge in [0.2, 0.25) is 0 Å². The number of aromatic nitrogens is 2. The molecule has 3 nitrogen and oxygen atoms in total. The highest BCUT2D eigenvalue weighted by Crippen LogP contribution is 2.39. The van der Waals surface area contributed by atoms with E-state index >= 15 is 0 Å². The summed E-state index contributed by atoms with van der Waals surface area (Å²) in [5.41, 5.74) is 1.64. The predicted octanol–water partition coefficient (Wildman–Crippen LogP) is 3.50. The molecule has 2 aromatic rings. The minimum absolute atomic E-state index is 0.258. The topological polar surface area (TPSA) is 29.9 Å². The van der Waals surface area contributed by atoms with Crippen LogP contribution in [0.5, 0.6) is 5.75 Å². The molecule has 0 saturated heterocycles. The van der Waals surface area contributed by atoms with Crippen molar-refractivity contribution in [2.24, 2.45) is 11.8 Å². The van der Waals surface area contributed by atoms with Crippen LogP contribution in [0.15, 0.2) is 12.1 Å². The molecule has 0 amide bonds. The van der Waals surface area contributed by atoms with E-state index in [0.29, 0.717) is 10.7 Å². The monoisotopic (exact) mass is 266 g/mol. The minimum Gasteiger partial charge on any atom is -0.494 e. The van der Waals surface area contributed by atoms with Gasteiger partial charge in [-0.3, -0.25) is 0 Å². The first-order valence-electron chi connectivity index (χ1n) is 6.06. The molecule has 3 rings (SSSR count). The van der Waals surface area contributed by atoms with Gasteiger partial charge in [-0.2, -0.15) is 0 Å². The SMILES string of the molecule is COc1cc2c(cc1F)[nH]c(=S)n2CC1CC1C. The lowest BCUT2D eigenvalue weighted by Gasteiger charge is -2.05. The Morgan fingerprint density at radius 1 is 1.56 bits per heavy atom. The number of imidazole rings is 1. The van der Waals surface area contributed by atoms with Gasteiger partial charge in [-0.25, -0.2) is 4.39 Å². The number of ether oxygens (including phenoxy) is 1. The number of fused-ring (bicyclic) bond motifs is 1. The van der Waals surface area contributed by atoms with Crippen LogP contribution in [0.1, 0.15) is 13.3 Å². The molecule has 0 spiro atoms. The summed E-state index contributed by atoms with van der Waals surface area (Å²) in [6.45, 7) is 3.14. The van der Waals surface area contributed by atoms with Gasteiger partial charge in [-0.1, -0.05) is 6.92 Å². The van der Waals surface area contributed by atoms with E-state index in [-0.39, 0.29) is 11.6 Å². The van der Waals surface area contributed by atoms with E-state index in [4.69, 9.17) is 17.0 Å². The zero-order chi connectivity index (χ0) is 12.9. The first-order valence-corrected chi connectivity index (χ1v) is 6.47. The van der Waals surface area contributed by atoms with Crippen molar-refractivity contribution in [2.45, 2.75) is 19.9 Å². The third-order valence-corrected chi connectivity index (χ3v) is 4.06. The Morgan fingerprint density at radius 3 is 2.89 bits per heavy atom. The maximum absolute atomic E-state index is 13.6. The van der Waals surface area contributed by atoms with Gasteiger partial charge in [0.1, 0.15) is 0 Å². The number of H-pyrrole nitrogens is 1. The number of hydrogen-bond donors (Lipinski definition) is 1. The van der Waals surface area contributed by atoms with Crippen LogP contribution >= 0.6 is 12.2 Å². The standard InChI is InChI=1S/C13H15FN2OS/c1-7-3-8(7)6-16-11-5-12(17-2)9(14)4-10(11)15-13(16)18/h4-5,7-8H,3,6H2,1-2H3,(H,15,18). The fourth-order valence-corrected chi connectivity index (χ4v) is 2.67. The molecule has 18 heavy (non-hydrogen) atoms. The van der Waals surface area contributed by atoms with Crippen molar-refractivity contribution in [3.63, 3.8) is 0 Å². The Labute approximate surface area is 110 Å². The van der Waals surface area contributed by atoms with E-state index in [1.54, 1.807) is 6.07 Å². The molecule has 5 heteroatoms. The maximum atomic E-state index is 13.6. The molecule has 2 atom stereocenters. The predicted molar refractivity (Wildman–Crippen MR) is 70.9 cm³/mol. The fraction of sp³-hybridized carbons (Fsp3) is 0.462. The minimum atomic E-state index is -0.367. The van der Waals surface area contributed by atoms with Crippen molar-refractivity contribution < 1.29 is 9.13 Å². The van der Waals surface area contributed by atoms with Gasteiger partial charge in [0.05, 0.1) is 18.1 Å². The summed E-state index contributed by atoms with van der Waals surface area (Å²) in [6, 6.07) is 3.15. The molecule has 0 radical (unpaired) electrons. The van der Waals surface area contributed by atoms with Crippen molar-refractivity contribution in [3.8, 4) is 5.75 Å². The number of halogens is 1. The lowest BCUT2D eigenvalue weighted by atomic mass is 10.2. The molecule has 1 aromatic heterocycles. The summed E-state index contributed by atoms with van der Waals surface area (Å²) in [7, 11) is 1.47. The lowest BCUT2D eigenvalue weighted by molar-refractivity contribution is 0.387. The average Bonchev–Trinajstić information content (AvgIpc) is 2.94. The quantitative estimate of drug-likeness (QED) is 0.862. The van der Waals surface area contributed by atoms with Crippen LogP contribution in [0.25, 0.3) is 11.0 Å². The van der Waals surface area contributed by atoms with Crippen LogP contribution in [0, 0.1) is 22.4 Å². The Hall–Kier alpha value is -1.36. The van der Waals surface area contributed by atoms with Crippen LogP contribution < -0.4 is 4.74 Å². The Kier molecular flexibility index (Phi) is 2.66. The third-order valence-electron chi connectivity index (χ3n) is 3.74. The Balaban J connectivity index is 2.12. The molecule has 1 aliphatic rings. The summed E-state index contributed by atoms with van der Waals surface area (Å²) in [5, 5.41) is 0. The summed E-state index contributed by atoms with van der Waals surface area (Å²) >= 11 is 5.30. The van der Waals surface area contributed by atoms with Gasteiger partial charge < -0.3 is 14.3 Å². The van der Waals surface area contributed by atoms with E-state index in [1.165, 1.54) is 19.6 Å². The zero-order valence-electron chi connectivity index (χ0n) is 10.4. The van der Waals surface area contributed by atoms with E-state index in [1.807, 2.05) is 4.57 Å². The summed E-state index contributed by atoms with van der Waals surface area (Å²) in [6.07, 6.45) is 1.24. The fourth-order valence-electron chi connectivity index (χ4n) is 2.38. The molecule has 1 aliphatic carbocycles. The van der Waals surface area contributed by atoms with E-state index in [0.717, 1.165) is 23.5 Å². The summed E-state index contributed by atoms with van der Waals surface area (Å²) < 4.78 is 21.3. The number of rotatable bonds is 3. The van der Waals surface area contributed by atoms with Crippen LogP contribution in [0.3, 0.4) is 0 Å². The van der Waals surface area contributed by atoms with Crippen molar-refractivity contribution in [2.75, 3.05) is 7.11 Å². The van der Waals surface area contributed by atoms with Crippen molar-refractivity contribution in [1.82, 2.24) is 9.55 Å². The first-order chi connectivity index (χ1) is 8.60. The largest absolute Gasteiger partial charge is 0.494 e. The number of hydrogen-bond acceptors (Lipinski definition) is 2. The van der Waals surface area contributed by atoms with Gasteiger partial charge in [0.25, 0.3) is 0 Å². The molecule has 1 heterocycles. The normalized spacial score (nSPS) is 22.4. The van der Waals surface area contributed by atoms with E-state index in [2.05, 4.69) is 11.9 Å². The molecular formula is C13H15FN2OS. The van der Waals surface area contributed by atoms with Crippen LogP contribution in [0.4, 0.5) is 4.39 Å². The molecule has 1 aromatic carbocycles. The number of aromatic amines is 1. The van der Waals surface area contributed by atoms with Crippen molar-refractivity contribution in [1.29, 1.82) is 0 Å². The van der Waals surface area contributed by atoms with Gasteiger partial charge in [0.15, 0.2) is 16.3 Å². The first kappa shape index (κ1) is 11.7. The molecule has 0 bridgehead atoms. The average molecular weight is 266 g/mol. The molecule has 1 N–H and O–H groups in total. The second-order valence-electron chi connectivity index (χ2n) is 5.02. The van der Waals surface area contributed by atoms with Gasteiger partial charge in [0, 0.05) is 18.7 Å². The Bertz CT molecular complexity index is 661. The molecule has 0 aliphatic heterocycles. The number of methoxy groups -OCH3 is 1. The van der Waals surface area contributed by atoms with Gasteiger partial charge in [-0.15, -0.1) is 0 Å². The zero-order valence-corrected chi connectivity index (χ0v) is 11.2. The molecule has 1 saturated carbocycles. The van der Waals surface area contributed by atoms with Crippen molar-refractivity contribution in [3.05, 3.63) is 22.7 Å². The number of benzene rings is 1. The third kappa shape index (κ3) is 1.82. The van der Waals surface area contributed by atoms with Crippen molar-refractivity contribution >= 4 is 23.3 Å². The molecule has 96 valence electrons. The van der Waals surface area contributed by atoms with Crippen LogP contribution in [0.2, 0.25) is 0 Å². The summed E-state index contributed by atoms with van der Waals surface area (Å²) in [4.78, 5) is 3.05. The van der Waals surface area contributed by atoms with E-state index < -0.39 is 0 Å². The molecule has 1 fully saturated rings. The van der Waals surface area contributed by atoms with Gasteiger partial charge >= 0.3 is 0 Å². The molecule has 2 unspecified atom stereocenters. The second-order valence-corrected chi connectivity index (χ2v) is 5.40. The second kappa shape index (κ2) is 4.09. The highest BCUT2D eigenvalue weighted by Gasteiger charge is 2.33.